The van der Waals surface area contributed by atoms with E-state index in [1.165, 1.54) is 0 Å². The molecule has 1 fully saturated rings. The molecule has 0 aromatic carbocycles. The molecular formula is C15H27NO4. The molecule has 1 saturated heterocycles. The minimum atomic E-state index is -0.325. The molecule has 0 amide bonds. The van der Waals surface area contributed by atoms with E-state index in [9.17, 15) is 0 Å². The third-order valence-corrected chi connectivity index (χ3v) is 3.45. The Labute approximate surface area is 122 Å². The van der Waals surface area contributed by atoms with Crippen molar-refractivity contribution in [1.82, 2.24) is 0 Å². The van der Waals surface area contributed by atoms with Crippen LogP contribution in [-0.4, -0.2) is 52.9 Å². The molecular weight excluding hydrogens is 258 g/mol. The van der Waals surface area contributed by atoms with Gasteiger partial charge < -0.3 is 18.9 Å². The molecule has 0 radical (unpaired) electrons. The molecule has 0 saturated carbocycles. The van der Waals surface area contributed by atoms with E-state index in [2.05, 4.69) is 13.0 Å². The first-order valence-corrected chi connectivity index (χ1v) is 7.55. The zero-order chi connectivity index (χ0) is 14.5. The van der Waals surface area contributed by atoms with Crippen LogP contribution in [0.15, 0.2) is 0 Å². The molecule has 0 aromatic rings. The van der Waals surface area contributed by atoms with Crippen molar-refractivity contribution >= 4 is 0 Å². The topological polar surface area (TPSA) is 60.7 Å². The molecule has 1 unspecified atom stereocenters. The Morgan fingerprint density at radius 2 is 1.70 bits per heavy atom. The maximum Gasteiger partial charge on any atom is 0.0850 e. The van der Waals surface area contributed by atoms with Crippen LogP contribution in [0.1, 0.15) is 32.6 Å². The SMILES string of the molecule is CCCCOCCOCCOCCC1(C#N)CCOC1. The Bertz CT molecular complexity index is 272. The standard InChI is InChI=1S/C15H27NO4/c1-2-3-6-17-9-11-19-12-10-18-7-4-15(13-16)5-8-20-14-15/h2-12,14H2,1H3. The fraction of sp³-hybridized carbons (Fsp3) is 0.933. The average molecular weight is 285 g/mol. The quantitative estimate of drug-likeness (QED) is 0.514. The van der Waals surface area contributed by atoms with Gasteiger partial charge >= 0.3 is 0 Å². The van der Waals surface area contributed by atoms with Gasteiger partial charge in [0.25, 0.3) is 0 Å². The molecule has 0 aliphatic carbocycles. The minimum Gasteiger partial charge on any atom is -0.380 e. The second-order valence-corrected chi connectivity index (χ2v) is 5.14. The van der Waals surface area contributed by atoms with Gasteiger partial charge in [-0.05, 0) is 19.3 Å². The predicted molar refractivity (Wildman–Crippen MR) is 75.5 cm³/mol. The Morgan fingerprint density at radius 1 is 1.05 bits per heavy atom. The number of rotatable bonds is 12. The number of hydrogen-bond acceptors (Lipinski definition) is 5. The van der Waals surface area contributed by atoms with Crippen LogP contribution in [0.4, 0.5) is 0 Å². The molecule has 20 heavy (non-hydrogen) atoms. The van der Waals surface area contributed by atoms with Gasteiger partial charge in [0.2, 0.25) is 0 Å². The second kappa shape index (κ2) is 11.0. The van der Waals surface area contributed by atoms with E-state index in [0.29, 0.717) is 46.2 Å². The second-order valence-electron chi connectivity index (χ2n) is 5.14. The highest BCUT2D eigenvalue weighted by Crippen LogP contribution is 2.31. The van der Waals surface area contributed by atoms with Crippen molar-refractivity contribution in [3.8, 4) is 6.07 Å². The van der Waals surface area contributed by atoms with Gasteiger partial charge in [-0.1, -0.05) is 13.3 Å². The van der Waals surface area contributed by atoms with Crippen LogP contribution >= 0.6 is 0 Å². The van der Waals surface area contributed by atoms with Gasteiger partial charge in [-0.25, -0.2) is 0 Å². The lowest BCUT2D eigenvalue weighted by Gasteiger charge is -2.17. The molecule has 1 aliphatic rings. The summed E-state index contributed by atoms with van der Waals surface area (Å²) in [5.74, 6) is 0. The van der Waals surface area contributed by atoms with E-state index in [1.54, 1.807) is 0 Å². The van der Waals surface area contributed by atoms with E-state index in [4.69, 9.17) is 24.2 Å². The minimum absolute atomic E-state index is 0.325. The summed E-state index contributed by atoms with van der Waals surface area (Å²) in [6, 6.07) is 2.36. The first-order chi connectivity index (χ1) is 9.83. The average Bonchev–Trinajstić information content (AvgIpc) is 2.94. The molecule has 0 N–H and O–H groups in total. The van der Waals surface area contributed by atoms with E-state index < -0.39 is 0 Å². The predicted octanol–water partition coefficient (Wildman–Crippen LogP) is 2.16. The van der Waals surface area contributed by atoms with Crippen molar-refractivity contribution in [2.24, 2.45) is 5.41 Å². The van der Waals surface area contributed by atoms with Gasteiger partial charge in [0.1, 0.15) is 0 Å². The summed E-state index contributed by atoms with van der Waals surface area (Å²) in [6.07, 6.45) is 3.82. The zero-order valence-electron chi connectivity index (χ0n) is 12.6. The van der Waals surface area contributed by atoms with Gasteiger partial charge in [0, 0.05) is 19.8 Å². The number of unbranched alkanes of at least 4 members (excludes halogenated alkanes) is 1. The molecule has 1 atom stereocenters. The summed E-state index contributed by atoms with van der Waals surface area (Å²) < 4.78 is 21.6. The van der Waals surface area contributed by atoms with Gasteiger partial charge in [-0.2, -0.15) is 5.26 Å². The lowest BCUT2D eigenvalue weighted by molar-refractivity contribution is 0.00964. The number of ether oxygens (including phenoxy) is 4. The first kappa shape index (κ1) is 17.4. The summed E-state index contributed by atoms with van der Waals surface area (Å²) in [5, 5.41) is 9.15. The highest BCUT2D eigenvalue weighted by molar-refractivity contribution is 5.01. The third kappa shape index (κ3) is 7.20. The molecule has 1 heterocycles. The van der Waals surface area contributed by atoms with Crippen molar-refractivity contribution in [1.29, 1.82) is 5.26 Å². The Kier molecular flexibility index (Phi) is 9.60. The largest absolute Gasteiger partial charge is 0.380 e. The van der Waals surface area contributed by atoms with Crippen LogP contribution in [0.5, 0.6) is 0 Å². The Hall–Kier alpha value is -0.670. The van der Waals surface area contributed by atoms with Crippen molar-refractivity contribution in [2.45, 2.75) is 32.6 Å². The molecule has 116 valence electrons. The number of hydrogen-bond donors (Lipinski definition) is 0. The van der Waals surface area contributed by atoms with E-state index in [-0.39, 0.29) is 5.41 Å². The zero-order valence-corrected chi connectivity index (χ0v) is 12.6. The van der Waals surface area contributed by atoms with Crippen molar-refractivity contribution < 1.29 is 18.9 Å². The van der Waals surface area contributed by atoms with Crippen LogP contribution in [0.3, 0.4) is 0 Å². The highest BCUT2D eigenvalue weighted by Gasteiger charge is 2.34. The van der Waals surface area contributed by atoms with Crippen molar-refractivity contribution in [3.63, 3.8) is 0 Å². The van der Waals surface area contributed by atoms with E-state index in [0.717, 1.165) is 32.3 Å². The third-order valence-electron chi connectivity index (χ3n) is 3.45. The highest BCUT2D eigenvalue weighted by atomic mass is 16.5. The summed E-state index contributed by atoms with van der Waals surface area (Å²) in [4.78, 5) is 0. The summed E-state index contributed by atoms with van der Waals surface area (Å²) in [5.41, 5.74) is -0.325. The molecule has 0 aromatic heterocycles. The summed E-state index contributed by atoms with van der Waals surface area (Å²) >= 11 is 0. The van der Waals surface area contributed by atoms with Gasteiger partial charge in [-0.3, -0.25) is 0 Å². The van der Waals surface area contributed by atoms with Crippen LogP contribution < -0.4 is 0 Å². The molecule has 0 spiro atoms. The smallest absolute Gasteiger partial charge is 0.0850 e. The first-order valence-electron chi connectivity index (χ1n) is 7.55. The molecule has 1 aliphatic heterocycles. The lowest BCUT2D eigenvalue weighted by atomic mass is 9.86. The summed E-state index contributed by atoms with van der Waals surface area (Å²) in [6.45, 7) is 7.18. The molecule has 5 heteroatoms. The lowest BCUT2D eigenvalue weighted by Crippen LogP contribution is -2.21. The molecule has 1 rings (SSSR count). The van der Waals surface area contributed by atoms with Crippen molar-refractivity contribution in [2.75, 3.05) is 52.9 Å². The monoisotopic (exact) mass is 285 g/mol. The van der Waals surface area contributed by atoms with Crippen LogP contribution in [0, 0.1) is 16.7 Å². The van der Waals surface area contributed by atoms with Gasteiger partial charge in [0.15, 0.2) is 0 Å². The number of nitrogens with zero attached hydrogens (tertiary/aromatic N) is 1. The normalized spacial score (nSPS) is 22.0. The molecule has 5 nitrogen and oxygen atoms in total. The maximum atomic E-state index is 9.15. The Balaban J connectivity index is 1.84. The van der Waals surface area contributed by atoms with Crippen LogP contribution in [-0.2, 0) is 18.9 Å². The maximum absolute atomic E-state index is 9.15. The van der Waals surface area contributed by atoms with E-state index >= 15 is 0 Å². The van der Waals surface area contributed by atoms with E-state index in [1.807, 2.05) is 0 Å². The van der Waals surface area contributed by atoms with Gasteiger partial charge in [-0.15, -0.1) is 0 Å². The van der Waals surface area contributed by atoms with Crippen LogP contribution in [0.2, 0.25) is 0 Å². The van der Waals surface area contributed by atoms with Crippen molar-refractivity contribution in [3.05, 3.63) is 0 Å². The Morgan fingerprint density at radius 3 is 2.25 bits per heavy atom. The fourth-order valence-corrected chi connectivity index (χ4v) is 2.00. The van der Waals surface area contributed by atoms with Gasteiger partial charge in [0.05, 0.1) is 44.5 Å². The fourth-order valence-electron chi connectivity index (χ4n) is 2.00. The van der Waals surface area contributed by atoms with Crippen LogP contribution in [0.25, 0.3) is 0 Å². The number of nitriles is 1. The summed E-state index contributed by atoms with van der Waals surface area (Å²) in [7, 11) is 0. The molecule has 0 bridgehead atoms.